The van der Waals surface area contributed by atoms with Crippen LogP contribution in [0.3, 0.4) is 0 Å². The molecule has 0 aromatic rings. The Hall–Kier alpha value is -0.310. The minimum Gasteiger partial charge on any atom is -0.228 e. The summed E-state index contributed by atoms with van der Waals surface area (Å²) in [7, 11) is -2.84. The van der Waals surface area contributed by atoms with E-state index in [1.165, 1.54) is 32.1 Å². The first kappa shape index (κ1) is 13.2. The fourth-order valence-electron chi connectivity index (χ4n) is 6.87. The van der Waals surface area contributed by atoms with Crippen molar-refractivity contribution in [3.63, 3.8) is 0 Å². The molecule has 2 heterocycles. The SMILES string of the molecule is O=S1(=O)C2C=C(C3C4CC5CC(C4)CC3C5)CC1CCC2. The fraction of sp³-hybridized carbons (Fsp3) is 0.889. The van der Waals surface area contributed by atoms with E-state index >= 15 is 0 Å². The number of sulfone groups is 1. The predicted octanol–water partition coefficient (Wildman–Crippen LogP) is 3.72. The average molecular weight is 306 g/mol. The number of rotatable bonds is 1. The van der Waals surface area contributed by atoms with Gasteiger partial charge in [-0.1, -0.05) is 18.1 Å². The highest BCUT2D eigenvalue weighted by Crippen LogP contribution is 2.59. The first-order chi connectivity index (χ1) is 10.1. The molecule has 0 aromatic carbocycles. The van der Waals surface area contributed by atoms with Gasteiger partial charge in [0.05, 0.1) is 10.5 Å². The van der Waals surface area contributed by atoms with Crippen molar-refractivity contribution in [2.24, 2.45) is 29.6 Å². The van der Waals surface area contributed by atoms with Crippen LogP contribution in [0.15, 0.2) is 11.6 Å². The maximum Gasteiger partial charge on any atom is 0.159 e. The molecule has 6 aliphatic rings. The molecule has 4 aliphatic carbocycles. The fourth-order valence-corrected chi connectivity index (χ4v) is 9.14. The Labute approximate surface area is 128 Å². The molecule has 21 heavy (non-hydrogen) atoms. The third kappa shape index (κ3) is 1.85. The summed E-state index contributed by atoms with van der Waals surface area (Å²) >= 11 is 0. The molecule has 0 radical (unpaired) electrons. The molecule has 5 fully saturated rings. The topological polar surface area (TPSA) is 34.1 Å². The summed E-state index contributed by atoms with van der Waals surface area (Å²) in [5.41, 5.74) is 1.58. The van der Waals surface area contributed by atoms with Crippen LogP contribution in [-0.2, 0) is 9.84 Å². The Morgan fingerprint density at radius 1 is 0.905 bits per heavy atom. The molecule has 6 bridgehead atoms. The van der Waals surface area contributed by atoms with Gasteiger partial charge in [-0.05, 0) is 81.0 Å². The zero-order valence-electron chi connectivity index (χ0n) is 12.7. The van der Waals surface area contributed by atoms with Crippen molar-refractivity contribution in [2.75, 3.05) is 0 Å². The Bertz CT molecular complexity index is 560. The summed E-state index contributed by atoms with van der Waals surface area (Å²) in [5.74, 6) is 4.58. The molecule has 0 amide bonds. The summed E-state index contributed by atoms with van der Waals surface area (Å²) in [5, 5.41) is -0.161. The van der Waals surface area contributed by atoms with Gasteiger partial charge in [-0.2, -0.15) is 0 Å². The Morgan fingerprint density at radius 3 is 2.19 bits per heavy atom. The quantitative estimate of drug-likeness (QED) is 0.692. The van der Waals surface area contributed by atoms with Gasteiger partial charge in [0.1, 0.15) is 0 Å². The van der Waals surface area contributed by atoms with Gasteiger partial charge in [0, 0.05) is 0 Å². The highest BCUT2D eigenvalue weighted by atomic mass is 32.2. The molecule has 2 unspecified atom stereocenters. The minimum absolute atomic E-state index is 0.0339. The lowest BCUT2D eigenvalue weighted by Crippen LogP contribution is -2.48. The van der Waals surface area contributed by atoms with Crippen molar-refractivity contribution in [3.05, 3.63) is 11.6 Å². The van der Waals surface area contributed by atoms with Crippen LogP contribution in [0.4, 0.5) is 0 Å². The van der Waals surface area contributed by atoms with Crippen LogP contribution >= 0.6 is 0 Å². The van der Waals surface area contributed by atoms with Gasteiger partial charge in [0.15, 0.2) is 9.84 Å². The molecule has 2 aliphatic heterocycles. The first-order valence-electron chi connectivity index (χ1n) is 9.04. The van der Waals surface area contributed by atoms with Crippen LogP contribution in [0, 0.1) is 29.6 Å². The second-order valence-corrected chi connectivity index (χ2v) is 11.0. The normalized spacial score (nSPS) is 53.5. The molecule has 2 nitrogen and oxygen atoms in total. The van der Waals surface area contributed by atoms with Gasteiger partial charge in [-0.15, -0.1) is 0 Å². The maximum absolute atomic E-state index is 12.5. The largest absolute Gasteiger partial charge is 0.228 e. The van der Waals surface area contributed by atoms with Crippen LogP contribution in [0.5, 0.6) is 0 Å². The number of fused-ring (bicyclic) bond motifs is 2. The van der Waals surface area contributed by atoms with Crippen LogP contribution in [0.2, 0.25) is 0 Å². The summed E-state index contributed by atoms with van der Waals surface area (Å²) in [4.78, 5) is 0. The van der Waals surface area contributed by atoms with Crippen molar-refractivity contribution in [3.8, 4) is 0 Å². The van der Waals surface area contributed by atoms with Gasteiger partial charge in [0.25, 0.3) is 0 Å². The maximum atomic E-state index is 12.5. The average Bonchev–Trinajstić information content (AvgIpc) is 2.37. The van der Waals surface area contributed by atoms with Crippen LogP contribution < -0.4 is 0 Å². The van der Waals surface area contributed by atoms with Crippen LogP contribution in [0.1, 0.15) is 57.8 Å². The summed E-state index contributed by atoms with van der Waals surface area (Å²) in [6.45, 7) is 0. The van der Waals surface area contributed by atoms with E-state index in [-0.39, 0.29) is 10.5 Å². The van der Waals surface area contributed by atoms with Crippen LogP contribution in [-0.4, -0.2) is 18.9 Å². The van der Waals surface area contributed by atoms with Crippen molar-refractivity contribution in [1.29, 1.82) is 0 Å². The lowest BCUT2D eigenvalue weighted by Gasteiger charge is -2.56. The highest BCUT2D eigenvalue weighted by molar-refractivity contribution is 7.92. The molecule has 2 atom stereocenters. The number of hydrogen-bond acceptors (Lipinski definition) is 2. The molecule has 0 N–H and O–H groups in total. The van der Waals surface area contributed by atoms with Crippen molar-refractivity contribution >= 4 is 9.84 Å². The Morgan fingerprint density at radius 2 is 1.57 bits per heavy atom. The predicted molar refractivity (Wildman–Crippen MR) is 83.6 cm³/mol. The van der Waals surface area contributed by atoms with E-state index in [1.54, 1.807) is 5.57 Å². The van der Waals surface area contributed by atoms with Crippen molar-refractivity contribution < 1.29 is 8.42 Å². The molecule has 3 heteroatoms. The molecule has 4 saturated carbocycles. The Kier molecular flexibility index (Phi) is 2.74. The standard InChI is InChI=1S/C18H26O2S/c19-21(20)16-2-1-3-17(21)10-15(9-16)18-13-5-11-4-12(7-13)8-14(18)6-11/h9,11-14,16-18H,1-8,10H2. The Balaban J connectivity index is 1.50. The second-order valence-electron chi connectivity index (χ2n) is 8.58. The van der Waals surface area contributed by atoms with E-state index in [9.17, 15) is 8.42 Å². The van der Waals surface area contributed by atoms with E-state index in [1.807, 2.05) is 0 Å². The van der Waals surface area contributed by atoms with Crippen molar-refractivity contribution in [1.82, 2.24) is 0 Å². The van der Waals surface area contributed by atoms with E-state index < -0.39 is 9.84 Å². The number of allylic oxidation sites excluding steroid dienone is 1. The van der Waals surface area contributed by atoms with Crippen molar-refractivity contribution in [2.45, 2.75) is 68.3 Å². The van der Waals surface area contributed by atoms with E-state index in [0.29, 0.717) is 0 Å². The third-order valence-electron chi connectivity index (χ3n) is 7.42. The van der Waals surface area contributed by atoms with Gasteiger partial charge in [-0.25, -0.2) is 8.42 Å². The zero-order valence-corrected chi connectivity index (χ0v) is 13.5. The smallest absolute Gasteiger partial charge is 0.159 e. The molecule has 6 rings (SSSR count). The lowest BCUT2D eigenvalue weighted by molar-refractivity contribution is -0.0223. The monoisotopic (exact) mass is 306 g/mol. The number of hydrogen-bond donors (Lipinski definition) is 0. The summed E-state index contributed by atoms with van der Waals surface area (Å²) in [6, 6.07) is 0. The molecule has 116 valence electrons. The molecule has 0 spiro atoms. The minimum atomic E-state index is -2.84. The van der Waals surface area contributed by atoms with Gasteiger partial charge in [0.2, 0.25) is 0 Å². The van der Waals surface area contributed by atoms with E-state index in [4.69, 9.17) is 0 Å². The summed E-state index contributed by atoms with van der Waals surface area (Å²) in [6.07, 6.45) is 13.3. The van der Waals surface area contributed by atoms with Gasteiger partial charge < -0.3 is 0 Å². The van der Waals surface area contributed by atoms with E-state index in [0.717, 1.165) is 55.3 Å². The second kappa shape index (κ2) is 4.37. The van der Waals surface area contributed by atoms with Crippen LogP contribution in [0.25, 0.3) is 0 Å². The molecule has 0 aromatic heterocycles. The molecular weight excluding hydrogens is 280 g/mol. The lowest BCUT2D eigenvalue weighted by atomic mass is 9.50. The highest BCUT2D eigenvalue weighted by Gasteiger charge is 2.51. The van der Waals surface area contributed by atoms with E-state index in [2.05, 4.69) is 6.08 Å². The third-order valence-corrected chi connectivity index (χ3v) is 9.97. The molecular formula is C18H26O2S. The van der Waals surface area contributed by atoms with Gasteiger partial charge in [-0.3, -0.25) is 0 Å². The summed E-state index contributed by atoms with van der Waals surface area (Å²) < 4.78 is 25.0. The first-order valence-corrected chi connectivity index (χ1v) is 10.7. The zero-order chi connectivity index (χ0) is 14.2. The van der Waals surface area contributed by atoms with Gasteiger partial charge >= 0.3 is 0 Å². The molecule has 1 saturated heterocycles.